The summed E-state index contributed by atoms with van der Waals surface area (Å²) in [5, 5.41) is 2.54. The molecule has 0 atom stereocenters. The van der Waals surface area contributed by atoms with Crippen LogP contribution >= 0.6 is 0 Å². The second-order valence-electron chi connectivity index (χ2n) is 32.0. The van der Waals surface area contributed by atoms with Gasteiger partial charge in [-0.2, -0.15) is 66.7 Å². The van der Waals surface area contributed by atoms with E-state index in [1.54, 1.807) is 37.2 Å². The molecule has 0 aliphatic heterocycles. The van der Waals surface area contributed by atoms with Crippen molar-refractivity contribution in [1.82, 2.24) is 64.0 Å². The first-order valence-corrected chi connectivity index (χ1v) is 53.4. The molecule has 0 bridgehead atoms. The van der Waals surface area contributed by atoms with Crippen LogP contribution in [0.5, 0.6) is 0 Å². The van der Waals surface area contributed by atoms with Gasteiger partial charge in [0.2, 0.25) is 0 Å². The van der Waals surface area contributed by atoms with Crippen LogP contribution in [0.1, 0.15) is 360 Å². The number of aryl methyl sites for hydroxylation is 7. The predicted octanol–water partition coefficient (Wildman–Crippen LogP) is 38.4. The van der Waals surface area contributed by atoms with E-state index in [0.717, 1.165) is 146 Å². The summed E-state index contributed by atoms with van der Waals surface area (Å²) < 4.78 is 4.50. The molecule has 16 rings (SSSR count). The maximum absolute atomic E-state index is 4.45. The quantitative estimate of drug-likeness (QED) is 0.107. The number of hydrogen-bond donors (Lipinski definition) is 0. The summed E-state index contributed by atoms with van der Waals surface area (Å²) in [4.78, 5) is 47.0. The van der Waals surface area contributed by atoms with E-state index in [4.69, 9.17) is 0 Å². The molecule has 0 N–H and O–H groups in total. The maximum atomic E-state index is 4.45. The van der Waals surface area contributed by atoms with E-state index < -0.39 is 0 Å². The molecule has 793 valence electrons. The van der Waals surface area contributed by atoms with Crippen molar-refractivity contribution in [3.05, 3.63) is 333 Å². The molecule has 5 radical (unpaired) electrons. The molecule has 0 saturated heterocycles. The summed E-state index contributed by atoms with van der Waals surface area (Å²) in [7, 11) is 0. The molecule has 0 spiro atoms. The van der Waals surface area contributed by atoms with Gasteiger partial charge in [-0.25, -0.2) is 82.8 Å². The number of para-hydroxylation sites is 1. The van der Waals surface area contributed by atoms with E-state index in [1.807, 2.05) is 146 Å². The molecule has 0 fully saturated rings. The fourth-order valence-corrected chi connectivity index (χ4v) is 10.5. The number of nitrogens with zero attached hydrogens (tertiary/aromatic N) is 13. The molecule has 147 heavy (non-hydrogen) atoms. The fourth-order valence-electron chi connectivity index (χ4n) is 10.5. The Bertz CT molecular complexity index is 4770. The van der Waals surface area contributed by atoms with Crippen molar-refractivity contribution in [2.24, 2.45) is 0 Å². The van der Waals surface area contributed by atoms with Crippen LogP contribution < -0.4 is 0 Å². The average Bonchev–Trinajstić information content (AvgIpc) is 1.62. The molecule has 13 nitrogen and oxygen atoms in total. The zero-order valence-corrected chi connectivity index (χ0v) is 112. The molecule has 0 aliphatic rings. The van der Waals surface area contributed by atoms with Gasteiger partial charge in [-0.3, -0.25) is 26.1 Å². The van der Waals surface area contributed by atoms with Gasteiger partial charge in [0.05, 0.1) is 16.6 Å². The molecule has 0 unspecified atom stereocenters. The van der Waals surface area contributed by atoms with Crippen molar-refractivity contribution < 1.29 is 164 Å². The molecule has 16 aromatic rings. The van der Waals surface area contributed by atoms with Gasteiger partial charge in [0, 0.05) is 206 Å². The third kappa shape index (κ3) is 76.6. The summed E-state index contributed by atoms with van der Waals surface area (Å²) in [5.74, 6) is 0. The first-order chi connectivity index (χ1) is 69.1. The first kappa shape index (κ1) is 160. The number of pyridine rings is 11. The van der Waals surface area contributed by atoms with Crippen molar-refractivity contribution in [2.45, 2.75) is 377 Å². The second-order valence-corrected chi connectivity index (χ2v) is 32.0. The second kappa shape index (κ2) is 118. The largest absolute Gasteiger partial charge is 0.372 e. The minimum absolute atomic E-state index is 0. The van der Waals surface area contributed by atoms with Crippen LogP contribution in [0.25, 0.3) is 100 Å². The Labute approximate surface area is 1030 Å². The summed E-state index contributed by atoms with van der Waals surface area (Å²) in [5.41, 5.74) is 21.2. The van der Waals surface area contributed by atoms with E-state index in [1.165, 1.54) is 117 Å². The third-order valence-electron chi connectivity index (χ3n) is 15.7. The van der Waals surface area contributed by atoms with Crippen molar-refractivity contribution in [3.8, 4) is 56.4 Å². The van der Waals surface area contributed by atoms with E-state index >= 15 is 0 Å². The molecular weight excluding hydrogens is 2180 g/mol. The van der Waals surface area contributed by atoms with Crippen LogP contribution in [0.15, 0.2) is 244 Å². The summed E-state index contributed by atoms with van der Waals surface area (Å²) in [6, 6.07) is 88.4. The Morgan fingerprint density at radius 1 is 0.238 bits per heavy atom. The first-order valence-electron chi connectivity index (χ1n) is 53.4. The molecule has 13 aromatic heterocycles. The molecule has 0 saturated carbocycles. The number of aromatic nitrogens is 13. The van der Waals surface area contributed by atoms with Crippen molar-refractivity contribution in [3.63, 3.8) is 0 Å². The zero-order chi connectivity index (χ0) is 107. The normalized spacial score (nSPS) is 8.81. The Morgan fingerprint density at radius 3 is 1.02 bits per heavy atom. The standard InChI is InChI=1S/C13H12N2.2C13H11N.C12H11N3.3C12H10N2.14C3H8.5Y/c1-2-15-12-8-4-3-6-10(12)11-7-5-9-14-13(11)15;1-2-11-6-5-7-12(10-11)13-8-3-4-9-14-13;1-2-13-10-12(8-9-14-13)11-6-4-3-5-7-11;1-2-15-9-5-3-7-13-11(9)12-10(15)6-4-8-14-12;1-2-10-6-5-8-12(14-10)11-7-3-4-9-13-11;1-2-10-6-7-12(14-9-10)11-5-3-4-8-13-11;1-2-10-7-11(9-13-8-10)12-5-3-4-6-14-12;14*1-3-2;;;;;/h3-9H,2H2,1H3;2*3-6,9-10H,2H2,1H3;3-8H,2H2,1H3;3-6,9H,2H2,1H3;2*3-4,6,8-9H,2H2,1H3;14*3H2,1-2H3;;;;;/q;2*-2;;3*-2;;;;;;;;;;;;;;;;;;;. The zero-order valence-electron chi connectivity index (χ0n) is 98.1. The number of rotatable bonds is 12. The van der Waals surface area contributed by atoms with Gasteiger partial charge in [-0.1, -0.05) is 349 Å². The van der Waals surface area contributed by atoms with E-state index in [-0.39, 0.29) is 164 Å². The topological polar surface area (TPSA) is 152 Å². The monoisotopic (exact) mass is 2360 g/mol. The number of hydrogen-bond acceptors (Lipinski definition) is 11. The molecule has 3 aromatic carbocycles. The number of benzene rings is 3. The fraction of sp³-hybridized carbons (Fsp3) is 0.434. The van der Waals surface area contributed by atoms with Gasteiger partial charge in [0.25, 0.3) is 0 Å². The van der Waals surface area contributed by atoms with Gasteiger partial charge in [-0.05, 0) is 131 Å². The van der Waals surface area contributed by atoms with Crippen molar-refractivity contribution in [2.75, 3.05) is 0 Å². The third-order valence-corrected chi connectivity index (χ3v) is 15.7. The molecule has 0 amide bonds. The smallest absolute Gasteiger partial charge is 0.140 e. The van der Waals surface area contributed by atoms with Gasteiger partial charge in [0.1, 0.15) is 16.7 Å². The van der Waals surface area contributed by atoms with E-state index in [0.29, 0.717) is 0 Å². The van der Waals surface area contributed by atoms with Gasteiger partial charge >= 0.3 is 0 Å². The predicted molar refractivity (Wildman–Crippen MR) is 624 cm³/mol. The summed E-state index contributed by atoms with van der Waals surface area (Å²) >= 11 is 0. The Morgan fingerprint density at radius 2 is 0.612 bits per heavy atom. The molecule has 0 aliphatic carbocycles. The Hall–Kier alpha value is -6.57. The van der Waals surface area contributed by atoms with Crippen LogP contribution in [0, 0.1) is 60.7 Å². The van der Waals surface area contributed by atoms with Crippen LogP contribution in [-0.4, -0.2) is 64.0 Å². The van der Waals surface area contributed by atoms with Crippen molar-refractivity contribution >= 4 is 44.0 Å². The van der Waals surface area contributed by atoms with Crippen LogP contribution in [0.2, 0.25) is 0 Å². The van der Waals surface area contributed by atoms with E-state index in [2.05, 4.69) is 428 Å². The van der Waals surface area contributed by atoms with Crippen LogP contribution in [-0.2, 0) is 209 Å². The van der Waals surface area contributed by atoms with Crippen LogP contribution in [0.4, 0.5) is 0 Å². The molecule has 18 heteroatoms. The Kier molecular flexibility index (Phi) is 129. The minimum atomic E-state index is 0. The molecular formula is C129H187N13Y5-10. The molecule has 13 heterocycles. The summed E-state index contributed by atoms with van der Waals surface area (Å²) in [6.45, 7) is 76.2. The van der Waals surface area contributed by atoms with E-state index in [9.17, 15) is 0 Å². The van der Waals surface area contributed by atoms with Crippen molar-refractivity contribution in [1.29, 1.82) is 0 Å². The van der Waals surface area contributed by atoms with Gasteiger partial charge in [0.15, 0.2) is 0 Å². The average molecular weight is 2360 g/mol. The minimum Gasteiger partial charge on any atom is -0.372 e. The van der Waals surface area contributed by atoms with Crippen LogP contribution in [0.3, 0.4) is 0 Å². The number of fused-ring (bicyclic) bond motifs is 6. The van der Waals surface area contributed by atoms with Gasteiger partial charge < -0.3 is 44.0 Å². The SMILES string of the molecule is CCC.CCC.CCC.CCC.CCC.CCC.CCC.CCC.CCC.CCC.CCC.CCC.CCC.CCC.CCc1[c-]c(-c2[c-]cccn2)cnc1.CCc1c[c-]c(-c2[c-]cccn2)nc1.CCc1cc(-c2[c-]cccc2)[c-]cn1.CCc1cc[c-]c(-c2[c-]cccn2)c1.CCc1cc[c-]c(-c2[c-]cccn2)n1.CCn1c2ccccc2c2cccnc21.CCn1c2cccnc2c2ncccc21.[Y].[Y].[Y].[Y].[Y]. The Balaban J connectivity index is -0.000000174. The van der Waals surface area contributed by atoms with Gasteiger partial charge in [-0.15, -0.1) is 99.5 Å². The maximum Gasteiger partial charge on any atom is 0.140 e. The summed E-state index contributed by atoms with van der Waals surface area (Å²) in [6.07, 6.45) is 42.0.